The van der Waals surface area contributed by atoms with Crippen LogP contribution in [0, 0.1) is 12.8 Å². The Labute approximate surface area is 131 Å². The highest BCUT2D eigenvalue weighted by atomic mass is 35.5. The lowest BCUT2D eigenvalue weighted by Crippen LogP contribution is -2.30. The standard InChI is InChI=1S/C17H24ClN3/c1-13-4-3-5-15-17(13)21(16(12-18)19-15)11-8-14-6-9-20(2)10-7-14/h3-5,14H,6-12H2,1-2H3. The molecule has 0 unspecified atom stereocenters. The third-order valence-corrected chi connectivity index (χ3v) is 5.01. The van der Waals surface area contributed by atoms with Gasteiger partial charge in [-0.1, -0.05) is 12.1 Å². The summed E-state index contributed by atoms with van der Waals surface area (Å²) >= 11 is 6.11. The third kappa shape index (κ3) is 3.09. The molecule has 1 aromatic heterocycles. The van der Waals surface area contributed by atoms with Gasteiger partial charge in [0, 0.05) is 6.54 Å². The fourth-order valence-corrected chi connectivity index (χ4v) is 3.62. The molecule has 2 heterocycles. The minimum absolute atomic E-state index is 0.488. The number of hydrogen-bond donors (Lipinski definition) is 0. The molecule has 4 heteroatoms. The third-order valence-electron chi connectivity index (χ3n) is 4.77. The Balaban J connectivity index is 1.79. The molecule has 0 atom stereocenters. The lowest BCUT2D eigenvalue weighted by Gasteiger charge is -2.29. The molecule has 1 aliphatic rings. The van der Waals surface area contributed by atoms with Crippen LogP contribution in [0.2, 0.25) is 0 Å². The van der Waals surface area contributed by atoms with Crippen LogP contribution < -0.4 is 0 Å². The molecule has 3 nitrogen and oxygen atoms in total. The molecule has 0 bridgehead atoms. The second-order valence-electron chi connectivity index (χ2n) is 6.29. The normalized spacial score (nSPS) is 17.7. The zero-order chi connectivity index (χ0) is 14.8. The summed E-state index contributed by atoms with van der Waals surface area (Å²) in [6, 6.07) is 6.32. The van der Waals surface area contributed by atoms with Crippen molar-refractivity contribution >= 4 is 22.6 Å². The molecular weight excluding hydrogens is 282 g/mol. The Morgan fingerprint density at radius 1 is 1.29 bits per heavy atom. The molecule has 1 fully saturated rings. The van der Waals surface area contributed by atoms with E-state index < -0.39 is 0 Å². The Kier molecular flexibility index (Phi) is 4.51. The highest BCUT2D eigenvalue weighted by Crippen LogP contribution is 2.25. The fourth-order valence-electron chi connectivity index (χ4n) is 3.42. The highest BCUT2D eigenvalue weighted by Gasteiger charge is 2.18. The molecule has 0 N–H and O–H groups in total. The zero-order valence-corrected chi connectivity index (χ0v) is 13.7. The highest BCUT2D eigenvalue weighted by molar-refractivity contribution is 6.16. The number of piperidine rings is 1. The molecule has 1 saturated heterocycles. The van der Waals surface area contributed by atoms with E-state index in [1.165, 1.54) is 43.4 Å². The van der Waals surface area contributed by atoms with Crippen LogP contribution in [0.5, 0.6) is 0 Å². The van der Waals surface area contributed by atoms with E-state index in [1.807, 2.05) is 0 Å². The summed E-state index contributed by atoms with van der Waals surface area (Å²) < 4.78 is 2.34. The summed E-state index contributed by atoms with van der Waals surface area (Å²) in [5.74, 6) is 2.33. The van der Waals surface area contributed by atoms with Gasteiger partial charge in [-0.25, -0.2) is 4.98 Å². The Morgan fingerprint density at radius 2 is 2.05 bits per heavy atom. The van der Waals surface area contributed by atoms with Gasteiger partial charge in [-0.2, -0.15) is 0 Å². The number of fused-ring (bicyclic) bond motifs is 1. The Hall–Kier alpha value is -1.06. The molecule has 1 aromatic carbocycles. The first-order valence-electron chi connectivity index (χ1n) is 7.88. The number of aryl methyl sites for hydroxylation is 2. The van der Waals surface area contributed by atoms with Gasteiger partial charge in [0.15, 0.2) is 0 Å². The number of imidazole rings is 1. The van der Waals surface area contributed by atoms with Crippen molar-refractivity contribution in [3.63, 3.8) is 0 Å². The van der Waals surface area contributed by atoms with Crippen molar-refractivity contribution in [3.8, 4) is 0 Å². The Morgan fingerprint density at radius 3 is 2.76 bits per heavy atom. The number of nitrogens with zero attached hydrogens (tertiary/aromatic N) is 3. The van der Waals surface area contributed by atoms with Gasteiger partial charge in [0.25, 0.3) is 0 Å². The average Bonchev–Trinajstić information content (AvgIpc) is 2.86. The van der Waals surface area contributed by atoms with E-state index in [2.05, 4.69) is 41.6 Å². The van der Waals surface area contributed by atoms with E-state index >= 15 is 0 Å². The van der Waals surface area contributed by atoms with Gasteiger partial charge in [0.05, 0.1) is 16.9 Å². The minimum Gasteiger partial charge on any atom is -0.327 e. The van der Waals surface area contributed by atoms with Gasteiger partial charge >= 0.3 is 0 Å². The van der Waals surface area contributed by atoms with Crippen LogP contribution in [0.25, 0.3) is 11.0 Å². The van der Waals surface area contributed by atoms with Crippen molar-refractivity contribution in [2.75, 3.05) is 20.1 Å². The van der Waals surface area contributed by atoms with Crippen molar-refractivity contribution in [2.45, 2.75) is 38.6 Å². The number of likely N-dealkylation sites (tertiary alicyclic amines) is 1. The second kappa shape index (κ2) is 6.37. The monoisotopic (exact) mass is 305 g/mol. The molecule has 0 amide bonds. The number of para-hydroxylation sites is 1. The van der Waals surface area contributed by atoms with Crippen LogP contribution in [0.4, 0.5) is 0 Å². The van der Waals surface area contributed by atoms with E-state index in [9.17, 15) is 0 Å². The van der Waals surface area contributed by atoms with Crippen LogP contribution >= 0.6 is 11.6 Å². The summed E-state index contributed by atoms with van der Waals surface area (Å²) in [5.41, 5.74) is 3.63. The van der Waals surface area contributed by atoms with E-state index in [4.69, 9.17) is 16.6 Å². The summed E-state index contributed by atoms with van der Waals surface area (Å²) in [5, 5.41) is 0. The van der Waals surface area contributed by atoms with Crippen LogP contribution in [-0.4, -0.2) is 34.6 Å². The first-order valence-corrected chi connectivity index (χ1v) is 8.41. The van der Waals surface area contributed by atoms with E-state index in [0.717, 1.165) is 23.8 Å². The maximum atomic E-state index is 6.11. The van der Waals surface area contributed by atoms with Gasteiger partial charge in [-0.05, 0) is 63.9 Å². The largest absolute Gasteiger partial charge is 0.327 e. The molecule has 0 aliphatic carbocycles. The number of aromatic nitrogens is 2. The molecule has 2 aromatic rings. The zero-order valence-electron chi connectivity index (χ0n) is 13.0. The molecule has 114 valence electrons. The van der Waals surface area contributed by atoms with Crippen molar-refractivity contribution < 1.29 is 0 Å². The Bertz CT molecular complexity index is 612. The molecule has 3 rings (SSSR count). The van der Waals surface area contributed by atoms with E-state index in [0.29, 0.717) is 5.88 Å². The minimum atomic E-state index is 0.488. The van der Waals surface area contributed by atoms with Crippen LogP contribution in [-0.2, 0) is 12.4 Å². The van der Waals surface area contributed by atoms with Gasteiger partial charge in [0.2, 0.25) is 0 Å². The van der Waals surface area contributed by atoms with Crippen molar-refractivity contribution in [1.29, 1.82) is 0 Å². The summed E-state index contributed by atoms with van der Waals surface area (Å²) in [6.07, 6.45) is 3.87. The second-order valence-corrected chi connectivity index (χ2v) is 6.56. The number of hydrogen-bond acceptors (Lipinski definition) is 2. The first-order chi connectivity index (χ1) is 10.2. The molecule has 21 heavy (non-hydrogen) atoms. The van der Waals surface area contributed by atoms with Crippen molar-refractivity contribution in [3.05, 3.63) is 29.6 Å². The van der Waals surface area contributed by atoms with Crippen molar-refractivity contribution in [1.82, 2.24) is 14.5 Å². The lowest BCUT2D eigenvalue weighted by atomic mass is 9.94. The summed E-state index contributed by atoms with van der Waals surface area (Å²) in [7, 11) is 2.22. The molecular formula is C17H24ClN3. The fraction of sp³-hybridized carbons (Fsp3) is 0.588. The summed E-state index contributed by atoms with van der Waals surface area (Å²) in [4.78, 5) is 7.12. The number of alkyl halides is 1. The maximum Gasteiger partial charge on any atom is 0.124 e. The van der Waals surface area contributed by atoms with Crippen molar-refractivity contribution in [2.24, 2.45) is 5.92 Å². The first kappa shape index (κ1) is 14.9. The topological polar surface area (TPSA) is 21.1 Å². The van der Waals surface area contributed by atoms with Crippen LogP contribution in [0.3, 0.4) is 0 Å². The number of benzene rings is 1. The number of rotatable bonds is 4. The van der Waals surface area contributed by atoms with Gasteiger partial charge in [-0.3, -0.25) is 0 Å². The molecule has 0 saturated carbocycles. The summed E-state index contributed by atoms with van der Waals surface area (Å²) in [6.45, 7) is 5.67. The molecule has 0 spiro atoms. The predicted molar refractivity (Wildman–Crippen MR) is 88.9 cm³/mol. The van der Waals surface area contributed by atoms with Crippen LogP contribution in [0.15, 0.2) is 18.2 Å². The quantitative estimate of drug-likeness (QED) is 0.801. The molecule has 1 aliphatic heterocycles. The van der Waals surface area contributed by atoms with E-state index in [1.54, 1.807) is 0 Å². The SMILES string of the molecule is Cc1cccc2nc(CCl)n(CCC3CCN(C)CC3)c12. The van der Waals surface area contributed by atoms with Gasteiger partial charge < -0.3 is 9.47 Å². The van der Waals surface area contributed by atoms with Gasteiger partial charge in [0.1, 0.15) is 5.82 Å². The molecule has 0 radical (unpaired) electrons. The number of halogens is 1. The van der Waals surface area contributed by atoms with Gasteiger partial charge in [-0.15, -0.1) is 11.6 Å². The smallest absolute Gasteiger partial charge is 0.124 e. The lowest BCUT2D eigenvalue weighted by molar-refractivity contribution is 0.208. The van der Waals surface area contributed by atoms with Crippen LogP contribution in [0.1, 0.15) is 30.7 Å². The van der Waals surface area contributed by atoms with E-state index in [-0.39, 0.29) is 0 Å². The average molecular weight is 306 g/mol. The maximum absolute atomic E-state index is 6.11. The predicted octanol–water partition coefficient (Wildman–Crippen LogP) is 3.82.